The number of anilines is 2. The van der Waals surface area contributed by atoms with Gasteiger partial charge in [0.05, 0.1) is 11.9 Å². The van der Waals surface area contributed by atoms with E-state index in [0.29, 0.717) is 16.8 Å². The van der Waals surface area contributed by atoms with Gasteiger partial charge in [0, 0.05) is 29.6 Å². The van der Waals surface area contributed by atoms with Crippen LogP contribution in [0.1, 0.15) is 26.3 Å². The molecule has 2 amide bonds. The first-order valence-corrected chi connectivity index (χ1v) is 10.3. The maximum atomic E-state index is 13.9. The number of rotatable bonds is 6. The number of nitrogens with one attached hydrogen (secondary N) is 2. The molecule has 3 aromatic carbocycles. The van der Waals surface area contributed by atoms with Crippen LogP contribution in [0.25, 0.3) is 11.1 Å². The summed E-state index contributed by atoms with van der Waals surface area (Å²) >= 11 is 0. The summed E-state index contributed by atoms with van der Waals surface area (Å²) in [7, 11) is 0. The number of hydrogen-bond acceptors (Lipinski definition) is 4. The summed E-state index contributed by atoms with van der Waals surface area (Å²) < 4.78 is 13.9. The summed E-state index contributed by atoms with van der Waals surface area (Å²) in [5.74, 6) is -1.34. The van der Waals surface area contributed by atoms with Gasteiger partial charge in [-0.25, -0.2) is 4.39 Å². The van der Waals surface area contributed by atoms with Gasteiger partial charge in [0.15, 0.2) is 5.82 Å². The van der Waals surface area contributed by atoms with E-state index in [1.165, 1.54) is 12.3 Å². The highest BCUT2D eigenvalue weighted by Crippen LogP contribution is 2.27. The second-order valence-corrected chi connectivity index (χ2v) is 7.29. The van der Waals surface area contributed by atoms with Crippen LogP contribution in [0.5, 0.6) is 0 Å². The lowest BCUT2D eigenvalue weighted by Crippen LogP contribution is -2.14. The fraction of sp³-hybridized carbons (Fsp3) is 0.0385. The highest BCUT2D eigenvalue weighted by molar-refractivity contribution is 6.06. The molecule has 0 aliphatic rings. The van der Waals surface area contributed by atoms with E-state index in [4.69, 9.17) is 5.73 Å². The van der Waals surface area contributed by atoms with Crippen LogP contribution in [0.15, 0.2) is 91.3 Å². The molecule has 7 heteroatoms. The lowest BCUT2D eigenvalue weighted by Gasteiger charge is -2.13. The van der Waals surface area contributed by atoms with Crippen molar-refractivity contribution in [2.24, 2.45) is 5.73 Å². The molecule has 4 aromatic rings. The highest BCUT2D eigenvalue weighted by Gasteiger charge is 2.14. The molecule has 1 heterocycles. The molecule has 164 valence electrons. The van der Waals surface area contributed by atoms with Crippen molar-refractivity contribution in [3.8, 4) is 11.1 Å². The molecule has 0 aliphatic heterocycles. The van der Waals surface area contributed by atoms with Crippen molar-refractivity contribution >= 4 is 23.2 Å². The average Bonchev–Trinajstić information content (AvgIpc) is 2.85. The first-order chi connectivity index (χ1) is 16.0. The minimum atomic E-state index is -0.623. The number of amides is 2. The predicted molar refractivity (Wildman–Crippen MR) is 126 cm³/mol. The van der Waals surface area contributed by atoms with Crippen LogP contribution < -0.4 is 16.4 Å². The van der Waals surface area contributed by atoms with Gasteiger partial charge in [0.2, 0.25) is 0 Å². The number of aromatic nitrogens is 1. The first kappa shape index (κ1) is 21.9. The van der Waals surface area contributed by atoms with E-state index < -0.39 is 11.7 Å². The number of carbonyl (C=O) groups is 2. The first-order valence-electron chi connectivity index (χ1n) is 10.3. The van der Waals surface area contributed by atoms with E-state index in [2.05, 4.69) is 15.6 Å². The summed E-state index contributed by atoms with van der Waals surface area (Å²) in [6.07, 6.45) is 2.43. The average molecular weight is 440 g/mol. The Labute approximate surface area is 190 Å². The number of nitrogens with two attached hydrogens (primary N) is 1. The Morgan fingerprint density at radius 1 is 0.848 bits per heavy atom. The van der Waals surface area contributed by atoms with Crippen LogP contribution in [0.3, 0.4) is 0 Å². The monoisotopic (exact) mass is 440 g/mol. The molecule has 1 aromatic heterocycles. The maximum Gasteiger partial charge on any atom is 0.255 e. The van der Waals surface area contributed by atoms with Gasteiger partial charge < -0.3 is 16.4 Å². The van der Waals surface area contributed by atoms with Gasteiger partial charge in [-0.15, -0.1) is 0 Å². The van der Waals surface area contributed by atoms with Gasteiger partial charge in [-0.05, 0) is 59.2 Å². The van der Waals surface area contributed by atoms with E-state index >= 15 is 0 Å². The molecule has 0 fully saturated rings. The van der Waals surface area contributed by atoms with Gasteiger partial charge in [0.25, 0.3) is 11.8 Å². The molecule has 0 bridgehead atoms. The summed E-state index contributed by atoms with van der Waals surface area (Å²) in [5, 5.41) is 5.41. The Morgan fingerprint density at radius 3 is 2.36 bits per heavy atom. The third kappa shape index (κ3) is 5.11. The van der Waals surface area contributed by atoms with Crippen LogP contribution in [-0.4, -0.2) is 16.8 Å². The van der Waals surface area contributed by atoms with E-state index in [9.17, 15) is 14.0 Å². The molecule has 0 saturated heterocycles. The topological polar surface area (TPSA) is 97.1 Å². The number of carbonyl (C=O) groups excluding carboxylic acids is 2. The Bertz CT molecular complexity index is 1310. The second-order valence-electron chi connectivity index (χ2n) is 7.29. The molecule has 0 spiro atoms. The fourth-order valence-electron chi connectivity index (χ4n) is 3.39. The Kier molecular flexibility index (Phi) is 6.52. The van der Waals surface area contributed by atoms with Crippen molar-refractivity contribution in [2.45, 2.75) is 6.54 Å². The van der Waals surface area contributed by atoms with Gasteiger partial charge in [-0.1, -0.05) is 36.4 Å². The van der Waals surface area contributed by atoms with Crippen molar-refractivity contribution in [2.75, 3.05) is 10.6 Å². The molecular formula is C26H21FN4O2. The van der Waals surface area contributed by atoms with Crippen molar-refractivity contribution in [1.82, 2.24) is 4.98 Å². The fourth-order valence-corrected chi connectivity index (χ4v) is 3.39. The summed E-state index contributed by atoms with van der Waals surface area (Å²) in [5.41, 5.74) is 9.71. The molecule has 0 atom stereocenters. The lowest BCUT2D eigenvalue weighted by molar-refractivity contribution is 0.101. The number of pyridine rings is 1. The number of halogens is 1. The number of hydrogen-bond donors (Lipinski definition) is 3. The Hall–Kier alpha value is -4.36. The van der Waals surface area contributed by atoms with E-state index in [1.54, 1.807) is 36.4 Å². The van der Waals surface area contributed by atoms with Gasteiger partial charge in [-0.2, -0.15) is 0 Å². The normalized spacial score (nSPS) is 10.5. The molecule has 0 saturated carbocycles. The third-order valence-electron chi connectivity index (χ3n) is 5.08. The van der Waals surface area contributed by atoms with E-state index in [-0.39, 0.29) is 18.1 Å². The molecule has 6 nitrogen and oxygen atoms in total. The predicted octanol–water partition coefficient (Wildman–Crippen LogP) is 4.85. The number of benzene rings is 3. The second kappa shape index (κ2) is 9.84. The summed E-state index contributed by atoms with van der Waals surface area (Å²) in [4.78, 5) is 29.1. The SMILES string of the molecule is NCc1ccc(C(=O)Nc2ccncc2F)cc1-c1cccc(C(=O)Nc2ccccc2)c1. The quantitative estimate of drug-likeness (QED) is 0.399. The maximum absolute atomic E-state index is 13.9. The smallest absolute Gasteiger partial charge is 0.255 e. The zero-order chi connectivity index (χ0) is 23.2. The van der Waals surface area contributed by atoms with Crippen molar-refractivity contribution < 1.29 is 14.0 Å². The zero-order valence-corrected chi connectivity index (χ0v) is 17.6. The van der Waals surface area contributed by atoms with Crippen LogP contribution in [-0.2, 0) is 6.54 Å². The van der Waals surface area contributed by atoms with Gasteiger partial charge in [0.1, 0.15) is 0 Å². The zero-order valence-electron chi connectivity index (χ0n) is 17.6. The molecule has 33 heavy (non-hydrogen) atoms. The van der Waals surface area contributed by atoms with E-state index in [0.717, 1.165) is 22.9 Å². The van der Waals surface area contributed by atoms with Crippen LogP contribution in [0, 0.1) is 5.82 Å². The van der Waals surface area contributed by atoms with Crippen molar-refractivity contribution in [3.05, 3.63) is 114 Å². The minimum Gasteiger partial charge on any atom is -0.326 e. The Balaban J connectivity index is 1.63. The molecule has 0 radical (unpaired) electrons. The number of para-hydroxylation sites is 1. The molecule has 0 aliphatic carbocycles. The summed E-state index contributed by atoms with van der Waals surface area (Å²) in [6, 6.07) is 22.7. The molecule has 4 rings (SSSR count). The third-order valence-corrected chi connectivity index (χ3v) is 5.08. The molecular weight excluding hydrogens is 419 g/mol. The lowest BCUT2D eigenvalue weighted by atomic mass is 9.95. The summed E-state index contributed by atoms with van der Waals surface area (Å²) in [6.45, 7) is 0.247. The largest absolute Gasteiger partial charge is 0.326 e. The standard InChI is InChI=1S/C26H21FN4O2/c27-23-16-29-12-11-24(23)31-26(33)19-9-10-20(15-28)22(14-19)17-5-4-6-18(13-17)25(32)30-21-7-2-1-3-8-21/h1-14,16H,15,28H2,(H,30,32)(H,29,31,33). The highest BCUT2D eigenvalue weighted by atomic mass is 19.1. The van der Waals surface area contributed by atoms with E-state index in [1.807, 2.05) is 36.4 Å². The van der Waals surface area contributed by atoms with Gasteiger partial charge in [-0.3, -0.25) is 14.6 Å². The molecule has 4 N–H and O–H groups in total. The minimum absolute atomic E-state index is 0.0408. The van der Waals surface area contributed by atoms with Crippen LogP contribution in [0.2, 0.25) is 0 Å². The molecule has 0 unspecified atom stereocenters. The Morgan fingerprint density at radius 2 is 1.61 bits per heavy atom. The van der Waals surface area contributed by atoms with Crippen LogP contribution in [0.4, 0.5) is 15.8 Å². The van der Waals surface area contributed by atoms with Crippen molar-refractivity contribution in [3.63, 3.8) is 0 Å². The number of nitrogens with zero attached hydrogens (tertiary/aromatic N) is 1. The van der Waals surface area contributed by atoms with Gasteiger partial charge >= 0.3 is 0 Å². The van der Waals surface area contributed by atoms with Crippen molar-refractivity contribution in [1.29, 1.82) is 0 Å². The van der Waals surface area contributed by atoms with Crippen LogP contribution >= 0.6 is 0 Å².